The Morgan fingerprint density at radius 3 is 2.58 bits per heavy atom. The van der Waals surface area contributed by atoms with Gasteiger partial charge in [-0.05, 0) is 17.7 Å². The molecule has 3 aromatic rings. The summed E-state index contributed by atoms with van der Waals surface area (Å²) in [5, 5.41) is 11.5. The Hall–Kier alpha value is -2.95. The minimum atomic E-state index is -1.01. The van der Waals surface area contributed by atoms with Crippen LogP contribution in [0, 0.1) is 5.82 Å². The molecule has 0 bridgehead atoms. The van der Waals surface area contributed by atoms with Crippen molar-refractivity contribution in [2.45, 2.75) is 12.5 Å². The predicted molar refractivity (Wildman–Crippen MR) is 87.1 cm³/mol. The Bertz CT molecular complexity index is 1110. The number of hydrogen-bond donors (Lipinski definition) is 1. The highest BCUT2D eigenvalue weighted by atomic mass is 19.1. The summed E-state index contributed by atoms with van der Waals surface area (Å²) >= 11 is 0. The highest BCUT2D eigenvalue weighted by Crippen LogP contribution is 2.33. The second kappa shape index (κ2) is 5.03. The van der Waals surface area contributed by atoms with Crippen LogP contribution in [0.3, 0.4) is 0 Å². The lowest BCUT2D eigenvalue weighted by atomic mass is 9.93. The Kier molecular flexibility index (Phi) is 3.06. The van der Waals surface area contributed by atoms with Gasteiger partial charge in [-0.1, -0.05) is 36.9 Å². The summed E-state index contributed by atoms with van der Waals surface area (Å²) in [4.78, 5) is 11.4. The normalized spacial score (nSPS) is 16.1. The van der Waals surface area contributed by atoms with E-state index in [-0.39, 0.29) is 17.3 Å². The van der Waals surface area contributed by atoms with Gasteiger partial charge >= 0.3 is 5.97 Å². The lowest BCUT2D eigenvalue weighted by molar-refractivity contribution is -0.137. The third-order valence-corrected chi connectivity index (χ3v) is 4.52. The number of carboxylic acids is 1. The number of hydrogen-bond acceptors (Lipinski definition) is 1. The van der Waals surface area contributed by atoms with Gasteiger partial charge in [0.05, 0.1) is 17.8 Å². The number of carboxylic acid groups (broad SMARTS) is 1. The quantitative estimate of drug-likeness (QED) is 0.787. The number of aromatic nitrogens is 1. The molecular weight excluding hydrogens is 312 g/mol. The molecule has 3 nitrogen and oxygen atoms in total. The summed E-state index contributed by atoms with van der Waals surface area (Å²) in [6, 6.07) is 10.3. The number of benzene rings is 2. The molecular formula is C19H13F2NO2. The largest absolute Gasteiger partial charge is 0.481 e. The van der Waals surface area contributed by atoms with E-state index in [2.05, 4.69) is 6.58 Å². The van der Waals surface area contributed by atoms with Crippen LogP contribution >= 0.6 is 0 Å². The maximum absolute atomic E-state index is 15.2. The van der Waals surface area contributed by atoms with Crippen LogP contribution in [0.2, 0.25) is 0 Å². The molecule has 2 aromatic carbocycles. The zero-order valence-corrected chi connectivity index (χ0v) is 12.6. The van der Waals surface area contributed by atoms with Crippen LogP contribution < -0.4 is 10.7 Å². The number of nitrogens with zero attached hydrogens (tertiary/aromatic N) is 1. The summed E-state index contributed by atoms with van der Waals surface area (Å²) in [5.41, 5.74) is 0.561. The number of aliphatic carboxylic acids is 1. The Balaban J connectivity index is 2.21. The topological polar surface area (TPSA) is 42.2 Å². The van der Waals surface area contributed by atoms with Crippen molar-refractivity contribution >= 4 is 29.1 Å². The van der Waals surface area contributed by atoms with Gasteiger partial charge in [-0.25, -0.2) is 8.78 Å². The van der Waals surface area contributed by atoms with Crippen molar-refractivity contribution < 1.29 is 18.7 Å². The van der Waals surface area contributed by atoms with E-state index in [9.17, 15) is 14.3 Å². The second-order valence-electron chi connectivity index (χ2n) is 5.87. The van der Waals surface area contributed by atoms with Crippen LogP contribution in [0.1, 0.15) is 23.6 Å². The molecule has 0 radical (unpaired) electrons. The lowest BCUT2D eigenvalue weighted by Crippen LogP contribution is -2.37. The summed E-state index contributed by atoms with van der Waals surface area (Å²) in [5.74, 6) is -2.13. The molecule has 2 heterocycles. The van der Waals surface area contributed by atoms with Gasteiger partial charge in [0.1, 0.15) is 5.82 Å². The average molecular weight is 325 g/mol. The monoisotopic (exact) mass is 325 g/mol. The van der Waals surface area contributed by atoms with E-state index in [1.54, 1.807) is 16.7 Å². The van der Waals surface area contributed by atoms with Crippen molar-refractivity contribution in [3.63, 3.8) is 0 Å². The maximum atomic E-state index is 15.2. The fourth-order valence-electron chi connectivity index (χ4n) is 3.55. The van der Waals surface area contributed by atoms with Crippen LogP contribution in [0.25, 0.3) is 23.2 Å². The molecule has 1 aliphatic rings. The first-order valence-electron chi connectivity index (χ1n) is 7.48. The smallest absolute Gasteiger partial charge is 0.305 e. The van der Waals surface area contributed by atoms with Crippen LogP contribution in [-0.4, -0.2) is 15.6 Å². The van der Waals surface area contributed by atoms with E-state index < -0.39 is 23.7 Å². The molecule has 1 N–H and O–H groups in total. The number of halogens is 2. The first-order valence-corrected chi connectivity index (χ1v) is 7.48. The molecule has 120 valence electrons. The highest BCUT2D eigenvalue weighted by Gasteiger charge is 2.30. The van der Waals surface area contributed by atoms with Crippen LogP contribution in [0.4, 0.5) is 8.78 Å². The fourth-order valence-corrected chi connectivity index (χ4v) is 3.55. The van der Waals surface area contributed by atoms with Gasteiger partial charge in [-0.3, -0.25) is 4.79 Å². The molecule has 0 saturated carbocycles. The molecule has 24 heavy (non-hydrogen) atoms. The first kappa shape index (κ1) is 14.6. The first-order chi connectivity index (χ1) is 11.5. The van der Waals surface area contributed by atoms with E-state index >= 15 is 4.39 Å². The van der Waals surface area contributed by atoms with Gasteiger partial charge in [-0.15, -0.1) is 0 Å². The number of rotatable bonds is 2. The van der Waals surface area contributed by atoms with Crippen molar-refractivity contribution in [1.82, 2.24) is 4.57 Å². The molecule has 1 aliphatic heterocycles. The molecule has 5 heteroatoms. The van der Waals surface area contributed by atoms with Crippen molar-refractivity contribution in [1.29, 1.82) is 0 Å². The SMILES string of the molecule is C=c1c2ccccc2c2n1C(CC(=O)O)c1ccc(F)cc1C=2F. The van der Waals surface area contributed by atoms with Gasteiger partial charge in [-0.2, -0.15) is 0 Å². The van der Waals surface area contributed by atoms with Crippen molar-refractivity contribution in [3.8, 4) is 0 Å². The van der Waals surface area contributed by atoms with Crippen molar-refractivity contribution in [3.05, 3.63) is 70.1 Å². The minimum Gasteiger partial charge on any atom is -0.481 e. The molecule has 0 spiro atoms. The average Bonchev–Trinajstić information content (AvgIpc) is 2.85. The van der Waals surface area contributed by atoms with E-state index in [1.165, 1.54) is 12.1 Å². The van der Waals surface area contributed by atoms with Gasteiger partial charge in [0, 0.05) is 21.7 Å². The van der Waals surface area contributed by atoms with Crippen molar-refractivity contribution in [2.75, 3.05) is 0 Å². The summed E-state index contributed by atoms with van der Waals surface area (Å²) in [6.07, 6.45) is -0.234. The number of carbonyl (C=O) groups is 1. The third-order valence-electron chi connectivity index (χ3n) is 4.52. The Morgan fingerprint density at radius 2 is 1.88 bits per heavy atom. The third kappa shape index (κ3) is 1.91. The van der Waals surface area contributed by atoms with E-state index in [0.29, 0.717) is 16.3 Å². The molecule has 1 unspecified atom stereocenters. The van der Waals surface area contributed by atoms with E-state index in [0.717, 1.165) is 11.5 Å². The maximum Gasteiger partial charge on any atom is 0.305 e. The van der Waals surface area contributed by atoms with Crippen LogP contribution in [0.5, 0.6) is 0 Å². The van der Waals surface area contributed by atoms with Gasteiger partial charge < -0.3 is 9.67 Å². The van der Waals surface area contributed by atoms with Gasteiger partial charge in [0.25, 0.3) is 0 Å². The summed E-state index contributed by atoms with van der Waals surface area (Å²) < 4.78 is 30.4. The predicted octanol–water partition coefficient (Wildman–Crippen LogP) is 2.69. The Labute approximate surface area is 135 Å². The second-order valence-corrected chi connectivity index (χ2v) is 5.87. The number of fused-ring (bicyclic) bond motifs is 4. The van der Waals surface area contributed by atoms with E-state index in [1.807, 2.05) is 12.1 Å². The zero-order valence-electron chi connectivity index (χ0n) is 12.6. The van der Waals surface area contributed by atoms with Gasteiger partial charge in [0.2, 0.25) is 0 Å². The zero-order chi connectivity index (χ0) is 17.0. The molecule has 0 fully saturated rings. The van der Waals surface area contributed by atoms with Gasteiger partial charge in [0.15, 0.2) is 5.83 Å². The fraction of sp³-hybridized carbons (Fsp3) is 0.105. The summed E-state index contributed by atoms with van der Waals surface area (Å²) in [6.45, 7) is 4.02. The Morgan fingerprint density at radius 1 is 1.17 bits per heavy atom. The lowest BCUT2D eigenvalue weighted by Gasteiger charge is -2.25. The standard InChI is InChI=1S/C19H13F2NO2/c1-10-12-4-2-3-5-14(12)19-18(21)15-8-11(20)6-7-13(15)16(22(10)19)9-17(23)24/h2-8,16H,1,9H2,(H,23,24). The molecule has 0 amide bonds. The highest BCUT2D eigenvalue weighted by molar-refractivity contribution is 5.87. The minimum absolute atomic E-state index is 0.108. The van der Waals surface area contributed by atoms with Crippen LogP contribution in [-0.2, 0) is 4.79 Å². The molecule has 1 atom stereocenters. The van der Waals surface area contributed by atoms with Crippen molar-refractivity contribution in [2.24, 2.45) is 0 Å². The molecule has 1 aromatic heterocycles. The molecule has 0 aliphatic carbocycles. The molecule has 0 saturated heterocycles. The molecule has 4 rings (SSSR count). The van der Waals surface area contributed by atoms with E-state index in [4.69, 9.17) is 0 Å². The summed E-state index contributed by atoms with van der Waals surface area (Å²) in [7, 11) is 0. The van der Waals surface area contributed by atoms with Crippen LogP contribution in [0.15, 0.2) is 42.5 Å².